The summed E-state index contributed by atoms with van der Waals surface area (Å²) < 4.78 is 4.34. The van der Waals surface area contributed by atoms with Crippen LogP contribution in [0.5, 0.6) is 0 Å². The molecular weight excluding hydrogens is 261 g/mol. The minimum atomic E-state index is -0.812. The van der Waals surface area contributed by atoms with E-state index in [0.717, 1.165) is 12.1 Å². The third-order valence-electron chi connectivity index (χ3n) is 2.43. The van der Waals surface area contributed by atoms with Gasteiger partial charge in [0.2, 0.25) is 0 Å². The Balaban J connectivity index is 2.85. The molecule has 0 saturated heterocycles. The van der Waals surface area contributed by atoms with Crippen LogP contribution in [-0.4, -0.2) is 36.8 Å². The van der Waals surface area contributed by atoms with Gasteiger partial charge < -0.3 is 9.76 Å². The van der Waals surface area contributed by atoms with Crippen molar-refractivity contribution in [3.63, 3.8) is 0 Å². The Morgan fingerprint density at radius 1 is 1.63 bits per heavy atom. The first-order chi connectivity index (χ1) is 9.22. The van der Waals surface area contributed by atoms with Crippen molar-refractivity contribution in [1.29, 1.82) is 0 Å². The van der Waals surface area contributed by atoms with E-state index in [2.05, 4.69) is 19.6 Å². The Kier molecular flexibility index (Phi) is 7.06. The molecule has 1 N–H and O–H groups in total. The maximum Gasteiger partial charge on any atom is 0.375 e. The van der Waals surface area contributed by atoms with E-state index in [1.54, 1.807) is 17.8 Å². The van der Waals surface area contributed by atoms with E-state index in [-0.39, 0.29) is 0 Å². The van der Waals surface area contributed by atoms with E-state index in [1.807, 2.05) is 19.9 Å². The third kappa shape index (κ3) is 4.96. The summed E-state index contributed by atoms with van der Waals surface area (Å²) in [4.78, 5) is 12.4. The van der Waals surface area contributed by atoms with Crippen LogP contribution in [0.4, 0.5) is 0 Å². The van der Waals surface area contributed by atoms with Crippen LogP contribution >= 0.6 is 11.3 Å². The predicted molar refractivity (Wildman–Crippen MR) is 78.7 cm³/mol. The van der Waals surface area contributed by atoms with Gasteiger partial charge in [-0.15, -0.1) is 11.3 Å². The van der Waals surface area contributed by atoms with Crippen molar-refractivity contribution in [1.82, 2.24) is 4.98 Å². The van der Waals surface area contributed by atoms with Crippen LogP contribution in [0, 0.1) is 0 Å². The van der Waals surface area contributed by atoms with Crippen LogP contribution in [-0.2, 0) is 4.65 Å². The molecule has 2 atom stereocenters. The third-order valence-corrected chi connectivity index (χ3v) is 3.27. The molecule has 0 aliphatic carbocycles. The molecule has 100 valence electrons. The highest BCUT2D eigenvalue weighted by atomic mass is 32.1. The molecule has 0 aliphatic heterocycles. The van der Waals surface area contributed by atoms with Crippen LogP contribution in [0.3, 0.4) is 0 Å². The fourth-order valence-electron chi connectivity index (χ4n) is 1.53. The van der Waals surface area contributed by atoms with Gasteiger partial charge >= 0.3 is 8.05 Å². The van der Waals surface area contributed by atoms with Crippen molar-refractivity contribution in [2.45, 2.75) is 32.4 Å². The minimum absolute atomic E-state index is 0.440. The maximum atomic E-state index is 10.3. The van der Waals surface area contributed by atoms with Crippen molar-refractivity contribution in [2.75, 3.05) is 0 Å². The number of aliphatic hydroxyl groups is 1. The molecule has 19 heavy (non-hydrogen) atoms. The summed E-state index contributed by atoms with van der Waals surface area (Å²) in [6.45, 7) is 3.72. The molecule has 7 heteroatoms. The van der Waals surface area contributed by atoms with Gasteiger partial charge in [-0.1, -0.05) is 6.08 Å². The van der Waals surface area contributed by atoms with E-state index in [0.29, 0.717) is 11.4 Å². The summed E-state index contributed by atoms with van der Waals surface area (Å²) in [5, 5.41) is 12.7. The van der Waals surface area contributed by atoms with Crippen molar-refractivity contribution in [2.24, 2.45) is 9.98 Å². The van der Waals surface area contributed by atoms with Crippen molar-refractivity contribution in [3.05, 3.63) is 28.4 Å². The Labute approximate surface area is 118 Å². The number of aromatic nitrogens is 1. The van der Waals surface area contributed by atoms with Gasteiger partial charge in [-0.05, 0) is 13.8 Å². The molecular formula is C12H16BN3O2S. The van der Waals surface area contributed by atoms with Gasteiger partial charge in [0.1, 0.15) is 11.1 Å². The number of hydrogen-bond donors (Lipinski definition) is 1. The first kappa shape index (κ1) is 15.6. The summed E-state index contributed by atoms with van der Waals surface area (Å²) in [7, 11) is 4.93. The quantitative estimate of drug-likeness (QED) is 0.471. The predicted octanol–water partition coefficient (Wildman–Crippen LogP) is 2.06. The van der Waals surface area contributed by atoms with E-state index in [4.69, 9.17) is 8.05 Å². The standard InChI is InChI=1S/C12H16BN3O2S/c1-3-9(14-4-2)7-10(16-8-18-13)11(17)12-15-5-6-19-12/h3-6,8,10-11,17H,7H2,1-2H3/b9-3-,14-4?,16-8?. The van der Waals surface area contributed by atoms with E-state index in [9.17, 15) is 5.11 Å². The van der Waals surface area contributed by atoms with Gasteiger partial charge in [0, 0.05) is 29.9 Å². The number of hydrogen-bond acceptors (Lipinski definition) is 6. The molecule has 1 aromatic rings. The smallest absolute Gasteiger partial charge is 0.375 e. The highest BCUT2D eigenvalue weighted by molar-refractivity contribution is 7.09. The van der Waals surface area contributed by atoms with E-state index >= 15 is 0 Å². The van der Waals surface area contributed by atoms with Crippen molar-refractivity contribution in [3.8, 4) is 0 Å². The fraction of sp³-hybridized carbons (Fsp3) is 0.417. The zero-order valence-corrected chi connectivity index (χ0v) is 11.7. The molecule has 0 bridgehead atoms. The number of aliphatic imine (C=N–C) groups is 2. The van der Waals surface area contributed by atoms with Gasteiger partial charge in [0.25, 0.3) is 0 Å². The fourth-order valence-corrected chi connectivity index (χ4v) is 2.21. The first-order valence-corrected chi connectivity index (χ1v) is 6.69. The Hall–Kier alpha value is -1.47. The Bertz CT molecular complexity index is 446. The lowest BCUT2D eigenvalue weighted by molar-refractivity contribution is 0.146. The summed E-state index contributed by atoms with van der Waals surface area (Å²) in [6, 6.07) is -0.440. The molecule has 0 amide bonds. The summed E-state index contributed by atoms with van der Waals surface area (Å²) in [6.07, 6.45) is 6.00. The second kappa shape index (κ2) is 8.60. The molecule has 1 heterocycles. The molecule has 2 radical (unpaired) electrons. The molecule has 1 rings (SSSR count). The highest BCUT2D eigenvalue weighted by Crippen LogP contribution is 2.25. The van der Waals surface area contributed by atoms with Crippen LogP contribution < -0.4 is 0 Å². The summed E-state index contributed by atoms with van der Waals surface area (Å²) in [5.41, 5.74) is 0.831. The van der Waals surface area contributed by atoms with Gasteiger partial charge in [0.05, 0.1) is 6.04 Å². The van der Waals surface area contributed by atoms with Crippen molar-refractivity contribution >= 4 is 32.0 Å². The minimum Gasteiger partial charge on any atom is -0.560 e. The molecule has 0 fully saturated rings. The SMILES string of the molecule is [B]OC=NC(C/C(=C/C)N=CC)C(O)c1nccs1. The molecule has 0 spiro atoms. The topological polar surface area (TPSA) is 67.1 Å². The highest BCUT2D eigenvalue weighted by Gasteiger charge is 2.23. The Morgan fingerprint density at radius 3 is 2.95 bits per heavy atom. The average molecular weight is 277 g/mol. The van der Waals surface area contributed by atoms with E-state index in [1.165, 1.54) is 11.3 Å². The largest absolute Gasteiger partial charge is 0.560 e. The zero-order chi connectivity index (χ0) is 14.1. The van der Waals surface area contributed by atoms with Crippen LogP contribution in [0.25, 0.3) is 0 Å². The van der Waals surface area contributed by atoms with Crippen LogP contribution in [0.1, 0.15) is 31.4 Å². The summed E-state index contributed by atoms with van der Waals surface area (Å²) >= 11 is 1.38. The second-order valence-electron chi connectivity index (χ2n) is 3.64. The zero-order valence-electron chi connectivity index (χ0n) is 10.9. The molecule has 2 unspecified atom stereocenters. The maximum absolute atomic E-state index is 10.3. The molecule has 1 aromatic heterocycles. The number of rotatable bonds is 7. The lowest BCUT2D eigenvalue weighted by atomic mass is 10.1. The second-order valence-corrected chi connectivity index (χ2v) is 4.57. The van der Waals surface area contributed by atoms with Crippen LogP contribution in [0.15, 0.2) is 33.3 Å². The van der Waals surface area contributed by atoms with Gasteiger partial charge in [-0.2, -0.15) is 0 Å². The van der Waals surface area contributed by atoms with Crippen LogP contribution in [0.2, 0.25) is 0 Å². The normalized spacial score (nSPS) is 16.1. The molecule has 5 nitrogen and oxygen atoms in total. The molecule has 0 aliphatic rings. The molecule has 0 saturated carbocycles. The average Bonchev–Trinajstić information content (AvgIpc) is 2.95. The Morgan fingerprint density at radius 2 is 2.42 bits per heavy atom. The number of aliphatic hydroxyl groups excluding tert-OH is 1. The monoisotopic (exact) mass is 277 g/mol. The van der Waals surface area contributed by atoms with Crippen molar-refractivity contribution < 1.29 is 9.76 Å². The lowest BCUT2D eigenvalue weighted by Gasteiger charge is -2.17. The van der Waals surface area contributed by atoms with Gasteiger partial charge in [-0.3, -0.25) is 9.98 Å². The van der Waals surface area contributed by atoms with Gasteiger partial charge in [-0.25, -0.2) is 4.98 Å². The number of thiazole rings is 1. The number of allylic oxidation sites excluding steroid dienone is 1. The lowest BCUT2D eigenvalue weighted by Crippen LogP contribution is -2.17. The summed E-state index contributed by atoms with van der Waals surface area (Å²) in [5.74, 6) is 0. The van der Waals surface area contributed by atoms with Gasteiger partial charge in [0.15, 0.2) is 6.40 Å². The van der Waals surface area contributed by atoms with E-state index < -0.39 is 12.1 Å². The first-order valence-electron chi connectivity index (χ1n) is 5.81. The molecule has 0 aromatic carbocycles. The number of nitrogens with zero attached hydrogens (tertiary/aromatic N) is 3.